The zero-order valence-electron chi connectivity index (χ0n) is 33.0. The molecular weight excluding hydrogens is 628 g/mol. The molecule has 5 unspecified atom stereocenters. The maximum Gasteiger partial charge on any atom is 0.410 e. The molecule has 8 fully saturated rings. The van der Waals surface area contributed by atoms with E-state index in [1.807, 2.05) is 37.5 Å². The monoisotopic (exact) mass is 699 g/mol. The molecule has 8 nitrogen and oxygen atoms in total. The third-order valence-electron chi connectivity index (χ3n) is 16.1. The Morgan fingerprint density at radius 2 is 1.56 bits per heavy atom. The first-order chi connectivity index (χ1) is 23.8. The first-order valence-electron chi connectivity index (χ1n) is 21.0. The van der Waals surface area contributed by atoms with E-state index in [0.717, 1.165) is 44.2 Å². The van der Waals surface area contributed by atoms with Crippen molar-refractivity contribution in [1.29, 1.82) is 0 Å². The Hall–Kier alpha value is -1.38. The van der Waals surface area contributed by atoms with Gasteiger partial charge in [-0.25, -0.2) is 4.79 Å². The summed E-state index contributed by atoms with van der Waals surface area (Å²) in [6.45, 7) is 23.4. The Balaban J connectivity index is 0.00000193. The summed E-state index contributed by atoms with van der Waals surface area (Å²) in [6, 6.07) is 0. The van der Waals surface area contributed by atoms with E-state index in [2.05, 4.69) is 34.6 Å². The Morgan fingerprint density at radius 1 is 0.820 bits per heavy atom. The molecule has 0 aromatic rings. The number of likely N-dealkylation sites (tertiary alicyclic amines) is 1. The van der Waals surface area contributed by atoms with E-state index in [-0.39, 0.29) is 53.9 Å². The van der Waals surface area contributed by atoms with Gasteiger partial charge in [0, 0.05) is 25.6 Å². The van der Waals surface area contributed by atoms with Crippen LogP contribution in [0.15, 0.2) is 0 Å². The Kier molecular flexibility index (Phi) is 9.96. The van der Waals surface area contributed by atoms with Gasteiger partial charge in [-0.1, -0.05) is 62.3 Å². The van der Waals surface area contributed by atoms with Crippen molar-refractivity contribution in [1.82, 2.24) is 9.80 Å². The molecule has 3 heterocycles. The molecular formula is C42H70N2O6. The number of rotatable bonds is 6. The van der Waals surface area contributed by atoms with Crippen molar-refractivity contribution in [3.8, 4) is 0 Å². The molecule has 8 aliphatic rings. The van der Waals surface area contributed by atoms with Crippen molar-refractivity contribution in [2.45, 2.75) is 164 Å². The van der Waals surface area contributed by atoms with Crippen LogP contribution in [0, 0.1) is 57.2 Å². The fraction of sp³-hybridized carbons (Fsp3) is 0.952. The Morgan fingerprint density at radius 3 is 2.24 bits per heavy atom. The summed E-state index contributed by atoms with van der Waals surface area (Å²) >= 11 is 0. The first kappa shape index (κ1) is 37.0. The number of morpholine rings is 1. The highest BCUT2D eigenvalue weighted by Crippen LogP contribution is 2.87. The Bertz CT molecular complexity index is 1270. The molecule has 2 amide bonds. The summed E-state index contributed by atoms with van der Waals surface area (Å²) in [4.78, 5) is 29.4. The smallest absolute Gasteiger partial charge is 0.410 e. The van der Waals surface area contributed by atoms with E-state index in [1.54, 1.807) is 0 Å². The van der Waals surface area contributed by atoms with Crippen molar-refractivity contribution < 1.29 is 28.5 Å². The van der Waals surface area contributed by atoms with Crippen LogP contribution in [-0.4, -0.2) is 85.3 Å². The highest BCUT2D eigenvalue weighted by Gasteiger charge is 2.80. The fourth-order valence-electron chi connectivity index (χ4n) is 13.5. The third-order valence-corrected chi connectivity index (χ3v) is 16.1. The van der Waals surface area contributed by atoms with Crippen molar-refractivity contribution in [3.05, 3.63) is 0 Å². The predicted octanol–water partition coefficient (Wildman–Crippen LogP) is 8.31. The SMILES string of the molecule is CC.CC(C)C(=O)N1CCOC(O[C@H]2CCC34C[C@]35CCC3(C)C(C[C@H]6O[C@@H]([C@H](OC(=O)N7CCC7)C(C)C)CC[C@@H]63)C5CC[C@H]4C2(C)C)C1. The van der Waals surface area contributed by atoms with E-state index in [9.17, 15) is 9.59 Å². The molecule has 50 heavy (non-hydrogen) atoms. The van der Waals surface area contributed by atoms with E-state index < -0.39 is 0 Å². The number of fused-ring (bicyclic) bond motifs is 4. The van der Waals surface area contributed by atoms with Crippen LogP contribution in [0.4, 0.5) is 4.79 Å². The van der Waals surface area contributed by atoms with Crippen LogP contribution in [0.25, 0.3) is 0 Å². The lowest BCUT2D eigenvalue weighted by molar-refractivity contribution is -0.244. The van der Waals surface area contributed by atoms with Gasteiger partial charge in [0.15, 0.2) is 6.29 Å². The number of hydrogen-bond donors (Lipinski definition) is 0. The van der Waals surface area contributed by atoms with Gasteiger partial charge < -0.3 is 28.7 Å². The summed E-state index contributed by atoms with van der Waals surface area (Å²) < 4.78 is 26.1. The predicted molar refractivity (Wildman–Crippen MR) is 194 cm³/mol. The molecule has 3 aliphatic heterocycles. The zero-order valence-corrected chi connectivity index (χ0v) is 33.0. The molecule has 2 spiro atoms. The molecule has 8 rings (SSSR count). The number of hydrogen-bond acceptors (Lipinski definition) is 6. The van der Waals surface area contributed by atoms with Gasteiger partial charge in [0.05, 0.1) is 31.5 Å². The maximum absolute atomic E-state index is 12.8. The molecule has 5 aliphatic carbocycles. The quantitative estimate of drug-likeness (QED) is 0.278. The van der Waals surface area contributed by atoms with E-state index in [1.165, 1.54) is 51.4 Å². The van der Waals surface area contributed by atoms with Crippen molar-refractivity contribution >= 4 is 12.0 Å². The van der Waals surface area contributed by atoms with Gasteiger partial charge in [-0.3, -0.25) is 4.79 Å². The van der Waals surface area contributed by atoms with Gasteiger partial charge in [-0.05, 0) is 122 Å². The van der Waals surface area contributed by atoms with Crippen molar-refractivity contribution in [3.63, 3.8) is 0 Å². The second-order valence-corrected chi connectivity index (χ2v) is 19.1. The summed E-state index contributed by atoms with van der Waals surface area (Å²) in [5.74, 6) is 3.29. The van der Waals surface area contributed by atoms with Crippen LogP contribution in [-0.2, 0) is 23.7 Å². The number of nitrogens with zero attached hydrogens (tertiary/aromatic N) is 2. The normalized spacial score (nSPS) is 44.7. The Labute approximate surface area is 303 Å². The summed E-state index contributed by atoms with van der Waals surface area (Å²) in [6.07, 6.45) is 13.5. The molecule has 0 aromatic carbocycles. The first-order valence-corrected chi connectivity index (χ1v) is 21.0. The molecule has 3 saturated heterocycles. The van der Waals surface area contributed by atoms with E-state index in [0.29, 0.717) is 53.9 Å². The molecule has 8 heteroatoms. The second kappa shape index (κ2) is 13.5. The van der Waals surface area contributed by atoms with Crippen LogP contribution >= 0.6 is 0 Å². The van der Waals surface area contributed by atoms with Crippen LogP contribution < -0.4 is 0 Å². The van der Waals surface area contributed by atoms with Gasteiger partial charge >= 0.3 is 6.09 Å². The minimum atomic E-state index is -0.320. The van der Waals surface area contributed by atoms with Crippen molar-refractivity contribution in [2.24, 2.45) is 57.2 Å². The largest absolute Gasteiger partial charge is 0.443 e. The van der Waals surface area contributed by atoms with Gasteiger partial charge in [-0.2, -0.15) is 0 Å². The average Bonchev–Trinajstić information content (AvgIpc) is 3.64. The minimum absolute atomic E-state index is 0.00162. The molecule has 0 aromatic heterocycles. The highest BCUT2D eigenvalue weighted by molar-refractivity contribution is 5.78. The van der Waals surface area contributed by atoms with E-state index >= 15 is 0 Å². The second-order valence-electron chi connectivity index (χ2n) is 19.1. The number of amides is 2. The molecule has 5 saturated carbocycles. The molecule has 0 bridgehead atoms. The van der Waals surface area contributed by atoms with Crippen LogP contribution in [0.5, 0.6) is 0 Å². The van der Waals surface area contributed by atoms with Gasteiger partial charge in [0.25, 0.3) is 0 Å². The molecule has 284 valence electrons. The van der Waals surface area contributed by atoms with Crippen LogP contribution in [0.3, 0.4) is 0 Å². The summed E-state index contributed by atoms with van der Waals surface area (Å²) in [5, 5.41) is 0. The molecule has 12 atom stereocenters. The maximum atomic E-state index is 12.8. The van der Waals surface area contributed by atoms with Crippen molar-refractivity contribution in [2.75, 3.05) is 32.8 Å². The number of ether oxygens (including phenoxy) is 4. The topological polar surface area (TPSA) is 77.5 Å². The van der Waals surface area contributed by atoms with E-state index in [4.69, 9.17) is 18.9 Å². The van der Waals surface area contributed by atoms with Gasteiger partial charge in [-0.15, -0.1) is 0 Å². The lowest BCUT2D eigenvalue weighted by atomic mass is 9.46. The average molecular weight is 699 g/mol. The third kappa shape index (κ3) is 5.69. The van der Waals surface area contributed by atoms with Gasteiger partial charge in [0.2, 0.25) is 5.91 Å². The summed E-state index contributed by atoms with van der Waals surface area (Å²) in [7, 11) is 0. The lowest BCUT2D eigenvalue weighted by Crippen LogP contribution is -2.56. The van der Waals surface area contributed by atoms with Crippen LogP contribution in [0.2, 0.25) is 0 Å². The minimum Gasteiger partial charge on any atom is -0.443 e. The molecule has 0 radical (unpaired) electrons. The zero-order chi connectivity index (χ0) is 35.8. The standard InChI is InChI=1S/C40H64N2O6.C2H6/c1-24(2)34(48-36(44)41-17-8-18-41)29-11-9-27-30(46-29)21-28-26-10-12-31-37(5,6)32(47-33-22-42(19-20-45-33)35(43)25(3)4)13-14-40(31)23-39(26,40)16-15-38(27,28)7;1-2/h24-34H,8-23H2,1-7H3;1-2H3/t26?,27-,28?,29+,30+,31-,32-,33?,34+,38?,39-,40?;/m0./s1. The fourth-order valence-corrected chi connectivity index (χ4v) is 13.5. The number of carbonyl (C=O) groups excluding carboxylic acids is 2. The van der Waals surface area contributed by atoms with Gasteiger partial charge in [0.1, 0.15) is 6.10 Å². The highest BCUT2D eigenvalue weighted by atomic mass is 16.7. The molecule has 0 N–H and O–H groups in total. The number of carbonyl (C=O) groups is 2. The summed E-state index contributed by atoms with van der Waals surface area (Å²) in [5.41, 5.74) is 1.39. The van der Waals surface area contributed by atoms with Crippen LogP contribution in [0.1, 0.15) is 133 Å². The lowest BCUT2D eigenvalue weighted by Gasteiger charge is -2.60.